The van der Waals surface area contributed by atoms with Gasteiger partial charge in [-0.25, -0.2) is 0 Å². The van der Waals surface area contributed by atoms with Crippen molar-refractivity contribution in [2.24, 2.45) is 23.5 Å². The highest BCUT2D eigenvalue weighted by atomic mass is 16.5. The Labute approximate surface area is 78.6 Å². The lowest BCUT2D eigenvalue weighted by atomic mass is 9.85. The zero-order valence-electron chi connectivity index (χ0n) is 8.03. The van der Waals surface area contributed by atoms with Crippen molar-refractivity contribution in [1.82, 2.24) is 0 Å². The van der Waals surface area contributed by atoms with Gasteiger partial charge in [-0.1, -0.05) is 0 Å². The van der Waals surface area contributed by atoms with E-state index in [1.54, 1.807) is 0 Å². The van der Waals surface area contributed by atoms with Crippen LogP contribution in [-0.4, -0.2) is 18.6 Å². The molecule has 2 aliphatic rings. The summed E-state index contributed by atoms with van der Waals surface area (Å²) in [5.41, 5.74) is 5.99. The third-order valence-electron chi connectivity index (χ3n) is 3.54. The van der Waals surface area contributed by atoms with Gasteiger partial charge >= 0.3 is 5.97 Å². The highest BCUT2D eigenvalue weighted by Gasteiger charge is 2.49. The second-order valence-electron chi connectivity index (χ2n) is 4.19. The molecule has 2 fully saturated rings. The van der Waals surface area contributed by atoms with Crippen molar-refractivity contribution in [3.8, 4) is 0 Å². The van der Waals surface area contributed by atoms with Crippen molar-refractivity contribution in [2.75, 3.05) is 6.61 Å². The van der Waals surface area contributed by atoms with Crippen molar-refractivity contribution < 1.29 is 9.53 Å². The van der Waals surface area contributed by atoms with Gasteiger partial charge in [0.05, 0.1) is 12.5 Å². The minimum atomic E-state index is -0.0674. The lowest BCUT2D eigenvalue weighted by Gasteiger charge is -2.25. The molecule has 0 amide bonds. The minimum Gasteiger partial charge on any atom is -0.466 e. The van der Waals surface area contributed by atoms with Crippen LogP contribution >= 0.6 is 0 Å². The van der Waals surface area contributed by atoms with Gasteiger partial charge in [0, 0.05) is 6.04 Å². The van der Waals surface area contributed by atoms with Crippen LogP contribution in [0.1, 0.15) is 26.2 Å². The Balaban J connectivity index is 2.03. The molecule has 0 saturated heterocycles. The van der Waals surface area contributed by atoms with Crippen molar-refractivity contribution in [3.05, 3.63) is 0 Å². The standard InChI is InChI=1S/C10H17NO2/c1-2-13-10(12)8-6-3-4-7(5-6)9(8)11/h6-9H,2-5,11H2,1H3/t6-,7-,8-,9+/m0/s1. The number of esters is 1. The quantitative estimate of drug-likeness (QED) is 0.648. The molecule has 74 valence electrons. The Hall–Kier alpha value is -0.570. The molecule has 2 rings (SSSR count). The third-order valence-corrected chi connectivity index (χ3v) is 3.54. The first-order valence-electron chi connectivity index (χ1n) is 5.16. The highest BCUT2D eigenvalue weighted by Crippen LogP contribution is 2.47. The average molecular weight is 183 g/mol. The Bertz CT molecular complexity index is 215. The Kier molecular flexibility index (Phi) is 2.28. The summed E-state index contributed by atoms with van der Waals surface area (Å²) >= 11 is 0. The maximum atomic E-state index is 11.5. The van der Waals surface area contributed by atoms with Crippen LogP contribution in [0.2, 0.25) is 0 Å². The van der Waals surface area contributed by atoms with Crippen LogP contribution in [-0.2, 0) is 9.53 Å². The second-order valence-corrected chi connectivity index (χ2v) is 4.19. The molecule has 0 unspecified atom stereocenters. The summed E-state index contributed by atoms with van der Waals surface area (Å²) < 4.78 is 5.03. The maximum Gasteiger partial charge on any atom is 0.310 e. The van der Waals surface area contributed by atoms with Gasteiger partial charge in [0.25, 0.3) is 0 Å². The molecule has 2 aliphatic carbocycles. The Morgan fingerprint density at radius 3 is 2.69 bits per heavy atom. The summed E-state index contributed by atoms with van der Waals surface area (Å²) in [7, 11) is 0. The predicted molar refractivity (Wildman–Crippen MR) is 48.9 cm³/mol. The maximum absolute atomic E-state index is 11.5. The summed E-state index contributed by atoms with van der Waals surface area (Å²) in [6, 6.07) is 0.0674. The van der Waals surface area contributed by atoms with Gasteiger partial charge in [0.2, 0.25) is 0 Å². The van der Waals surface area contributed by atoms with Gasteiger partial charge in [-0.05, 0) is 38.0 Å². The SMILES string of the molecule is CCOC(=O)[C@H]1[C@H]2CC[C@@H](C2)[C@H]1N. The van der Waals surface area contributed by atoms with E-state index in [2.05, 4.69) is 0 Å². The predicted octanol–water partition coefficient (Wildman–Crippen LogP) is 0.923. The van der Waals surface area contributed by atoms with Crippen LogP contribution in [0.3, 0.4) is 0 Å². The van der Waals surface area contributed by atoms with Crippen molar-refractivity contribution in [2.45, 2.75) is 32.2 Å². The van der Waals surface area contributed by atoms with E-state index in [1.807, 2.05) is 6.92 Å². The summed E-state index contributed by atoms with van der Waals surface area (Å²) in [6.07, 6.45) is 3.52. The molecule has 3 heteroatoms. The first-order chi connectivity index (χ1) is 6.24. The fraction of sp³-hybridized carbons (Fsp3) is 0.900. The van der Waals surface area contributed by atoms with E-state index in [9.17, 15) is 4.79 Å². The van der Waals surface area contributed by atoms with Crippen LogP contribution in [0.15, 0.2) is 0 Å². The minimum absolute atomic E-state index is 0.00120. The van der Waals surface area contributed by atoms with Crippen LogP contribution in [0.25, 0.3) is 0 Å². The van der Waals surface area contributed by atoms with E-state index < -0.39 is 0 Å². The number of carbonyl (C=O) groups is 1. The van der Waals surface area contributed by atoms with E-state index in [1.165, 1.54) is 12.8 Å². The normalized spacial score (nSPS) is 42.3. The van der Waals surface area contributed by atoms with E-state index >= 15 is 0 Å². The van der Waals surface area contributed by atoms with Gasteiger partial charge in [-0.15, -0.1) is 0 Å². The fourth-order valence-corrected chi connectivity index (χ4v) is 2.92. The first-order valence-corrected chi connectivity index (χ1v) is 5.16. The van der Waals surface area contributed by atoms with Crippen LogP contribution in [0.4, 0.5) is 0 Å². The smallest absolute Gasteiger partial charge is 0.310 e. The summed E-state index contributed by atoms with van der Waals surface area (Å²) in [4.78, 5) is 11.5. The van der Waals surface area contributed by atoms with Crippen LogP contribution in [0.5, 0.6) is 0 Å². The molecule has 4 atom stereocenters. The molecule has 0 radical (unpaired) electrons. The second kappa shape index (κ2) is 3.29. The lowest BCUT2D eigenvalue weighted by Crippen LogP contribution is -2.41. The summed E-state index contributed by atoms with van der Waals surface area (Å²) in [5.74, 6) is 1.03. The largest absolute Gasteiger partial charge is 0.466 e. The third kappa shape index (κ3) is 1.35. The number of rotatable bonds is 2. The van der Waals surface area contributed by atoms with Gasteiger partial charge in [0.1, 0.15) is 0 Å². The molecule has 0 heterocycles. The van der Waals surface area contributed by atoms with Gasteiger partial charge in [-0.2, -0.15) is 0 Å². The van der Waals surface area contributed by atoms with E-state index in [0.29, 0.717) is 18.4 Å². The lowest BCUT2D eigenvalue weighted by molar-refractivity contribution is -0.150. The topological polar surface area (TPSA) is 52.3 Å². The molecule has 0 aromatic carbocycles. The molecule has 0 spiro atoms. The fourth-order valence-electron chi connectivity index (χ4n) is 2.92. The van der Waals surface area contributed by atoms with Gasteiger partial charge in [0.15, 0.2) is 0 Å². The number of fused-ring (bicyclic) bond motifs is 2. The van der Waals surface area contributed by atoms with Crippen LogP contribution in [0, 0.1) is 17.8 Å². The number of ether oxygens (including phenoxy) is 1. The van der Waals surface area contributed by atoms with E-state index in [0.717, 1.165) is 6.42 Å². The summed E-state index contributed by atoms with van der Waals surface area (Å²) in [5, 5.41) is 0. The molecule has 0 aromatic rings. The monoisotopic (exact) mass is 183 g/mol. The Morgan fingerprint density at radius 2 is 2.15 bits per heavy atom. The van der Waals surface area contributed by atoms with Crippen molar-refractivity contribution >= 4 is 5.97 Å². The number of hydrogen-bond donors (Lipinski definition) is 1. The molecular formula is C10H17NO2. The molecule has 0 aromatic heterocycles. The number of hydrogen-bond acceptors (Lipinski definition) is 3. The molecule has 3 nitrogen and oxygen atoms in total. The van der Waals surface area contributed by atoms with Gasteiger partial charge in [-0.3, -0.25) is 4.79 Å². The zero-order valence-corrected chi connectivity index (χ0v) is 8.03. The van der Waals surface area contributed by atoms with E-state index in [-0.39, 0.29) is 17.9 Å². The Morgan fingerprint density at radius 1 is 1.46 bits per heavy atom. The molecule has 2 bridgehead atoms. The first kappa shape index (κ1) is 9.00. The molecule has 2 N–H and O–H groups in total. The van der Waals surface area contributed by atoms with Crippen molar-refractivity contribution in [3.63, 3.8) is 0 Å². The summed E-state index contributed by atoms with van der Waals surface area (Å²) in [6.45, 7) is 2.32. The average Bonchev–Trinajstić information content (AvgIpc) is 2.63. The zero-order chi connectivity index (χ0) is 9.42. The highest BCUT2D eigenvalue weighted by molar-refractivity contribution is 5.74. The number of nitrogens with two attached hydrogens (primary N) is 1. The van der Waals surface area contributed by atoms with Gasteiger partial charge < -0.3 is 10.5 Å². The molecule has 13 heavy (non-hydrogen) atoms. The van der Waals surface area contributed by atoms with Crippen LogP contribution < -0.4 is 5.73 Å². The van der Waals surface area contributed by atoms with E-state index in [4.69, 9.17) is 10.5 Å². The molecule has 2 saturated carbocycles. The van der Waals surface area contributed by atoms with Crippen molar-refractivity contribution in [1.29, 1.82) is 0 Å². The number of carbonyl (C=O) groups excluding carboxylic acids is 1. The molecular weight excluding hydrogens is 166 g/mol. The molecule has 0 aliphatic heterocycles.